The van der Waals surface area contributed by atoms with Gasteiger partial charge in [0, 0.05) is 11.4 Å². The molecule has 6 heteroatoms. The summed E-state index contributed by atoms with van der Waals surface area (Å²) in [5.74, 6) is -0.504. The average Bonchev–Trinajstić information content (AvgIpc) is 2.94. The molecule has 18 heavy (non-hydrogen) atoms. The quantitative estimate of drug-likeness (QED) is 0.763. The van der Waals surface area contributed by atoms with Gasteiger partial charge in [-0.3, -0.25) is 4.79 Å². The van der Waals surface area contributed by atoms with Crippen LogP contribution in [0.2, 0.25) is 0 Å². The Labute approximate surface area is 110 Å². The molecule has 1 fully saturated rings. The summed E-state index contributed by atoms with van der Waals surface area (Å²) in [5.41, 5.74) is 0.466. The van der Waals surface area contributed by atoms with E-state index in [-0.39, 0.29) is 11.9 Å². The molecule has 98 valence electrons. The lowest BCUT2D eigenvalue weighted by Gasteiger charge is -2.21. The number of amides is 1. The van der Waals surface area contributed by atoms with Gasteiger partial charge in [-0.1, -0.05) is 0 Å². The van der Waals surface area contributed by atoms with Crippen LogP contribution in [0.4, 0.5) is 0 Å². The molecular formula is C12H16N2O3S. The third-order valence-corrected chi connectivity index (χ3v) is 3.98. The van der Waals surface area contributed by atoms with E-state index in [0.29, 0.717) is 18.7 Å². The number of hydrogen-bond donors (Lipinski definition) is 0. The molecule has 0 aromatic carbocycles. The van der Waals surface area contributed by atoms with Gasteiger partial charge < -0.3 is 9.64 Å². The zero-order chi connectivity index (χ0) is 13.3. The second kappa shape index (κ2) is 5.06. The number of rotatable bonds is 2. The van der Waals surface area contributed by atoms with Crippen LogP contribution in [0.25, 0.3) is 0 Å². The van der Waals surface area contributed by atoms with E-state index in [9.17, 15) is 9.59 Å². The smallest absolute Gasteiger partial charge is 0.328 e. The van der Waals surface area contributed by atoms with Crippen LogP contribution in [0.15, 0.2) is 0 Å². The molecule has 0 radical (unpaired) electrons. The summed E-state index contributed by atoms with van der Waals surface area (Å²) in [4.78, 5) is 30.7. The van der Waals surface area contributed by atoms with Crippen molar-refractivity contribution in [2.75, 3.05) is 13.7 Å². The molecule has 1 atom stereocenters. The second-order valence-corrected chi connectivity index (χ2v) is 5.72. The Kier molecular flexibility index (Phi) is 3.65. The van der Waals surface area contributed by atoms with E-state index in [1.807, 2.05) is 13.8 Å². The summed E-state index contributed by atoms with van der Waals surface area (Å²) in [5, 5.41) is 0.865. The normalized spacial score (nSPS) is 19.1. The first-order chi connectivity index (χ1) is 8.54. The highest BCUT2D eigenvalue weighted by atomic mass is 32.1. The number of aromatic nitrogens is 1. The van der Waals surface area contributed by atoms with Crippen LogP contribution >= 0.6 is 11.3 Å². The minimum Gasteiger partial charge on any atom is -0.467 e. The number of carbonyl (C=O) groups is 2. The van der Waals surface area contributed by atoms with Gasteiger partial charge in [0.25, 0.3) is 5.91 Å². The Morgan fingerprint density at radius 3 is 2.72 bits per heavy atom. The van der Waals surface area contributed by atoms with Crippen LogP contribution in [0.1, 0.15) is 33.2 Å². The van der Waals surface area contributed by atoms with Crippen molar-refractivity contribution in [1.82, 2.24) is 9.88 Å². The van der Waals surface area contributed by atoms with Crippen molar-refractivity contribution in [3.05, 3.63) is 15.6 Å². The first kappa shape index (κ1) is 13.0. The molecule has 1 amide bonds. The number of aryl methyl sites for hydroxylation is 2. The van der Waals surface area contributed by atoms with Gasteiger partial charge in [0.1, 0.15) is 11.7 Å². The molecule has 2 heterocycles. The fourth-order valence-corrected chi connectivity index (χ4v) is 3.06. The van der Waals surface area contributed by atoms with Gasteiger partial charge in [-0.05, 0) is 26.7 Å². The zero-order valence-corrected chi connectivity index (χ0v) is 11.5. The molecule has 1 aliphatic rings. The summed E-state index contributed by atoms with van der Waals surface area (Å²) >= 11 is 1.50. The number of likely N-dealkylation sites (tertiary alicyclic amines) is 1. The minimum absolute atomic E-state index is 0.162. The molecule has 1 aliphatic heterocycles. The number of ether oxygens (including phenoxy) is 1. The number of methoxy groups -OCH3 is 1. The maximum atomic E-state index is 12.4. The number of nitrogens with zero attached hydrogens (tertiary/aromatic N) is 2. The predicted octanol–water partition coefficient (Wildman–Crippen LogP) is 1.54. The summed E-state index contributed by atoms with van der Waals surface area (Å²) in [7, 11) is 1.35. The van der Waals surface area contributed by atoms with E-state index in [4.69, 9.17) is 4.74 Å². The van der Waals surface area contributed by atoms with E-state index in [1.165, 1.54) is 18.4 Å². The molecule has 0 aliphatic carbocycles. The number of thiazole rings is 1. The molecule has 0 bridgehead atoms. The predicted molar refractivity (Wildman–Crippen MR) is 67.7 cm³/mol. The van der Waals surface area contributed by atoms with E-state index in [2.05, 4.69) is 4.98 Å². The van der Waals surface area contributed by atoms with E-state index in [1.54, 1.807) is 4.90 Å². The van der Waals surface area contributed by atoms with Crippen LogP contribution in [0, 0.1) is 13.8 Å². The molecule has 0 saturated carbocycles. The molecule has 1 aromatic rings. The first-order valence-corrected chi connectivity index (χ1v) is 6.69. The summed E-state index contributed by atoms with van der Waals surface area (Å²) in [6.07, 6.45) is 1.49. The van der Waals surface area contributed by atoms with Crippen molar-refractivity contribution in [2.45, 2.75) is 32.7 Å². The summed E-state index contributed by atoms with van der Waals surface area (Å²) < 4.78 is 4.74. The van der Waals surface area contributed by atoms with Crippen LogP contribution in [-0.4, -0.2) is 41.5 Å². The molecule has 1 aromatic heterocycles. The SMILES string of the molecule is COC(=O)C1CCCN1C(=O)c1nc(C)sc1C. The van der Waals surface area contributed by atoms with Crippen molar-refractivity contribution >= 4 is 23.2 Å². The highest BCUT2D eigenvalue weighted by molar-refractivity contribution is 7.11. The number of carbonyl (C=O) groups excluding carboxylic acids is 2. The van der Waals surface area contributed by atoms with E-state index in [0.717, 1.165) is 16.3 Å². The second-order valence-electron chi connectivity index (χ2n) is 4.32. The summed E-state index contributed by atoms with van der Waals surface area (Å²) in [6, 6.07) is -0.455. The minimum atomic E-state index is -0.455. The monoisotopic (exact) mass is 268 g/mol. The zero-order valence-electron chi connectivity index (χ0n) is 10.7. The number of hydrogen-bond acceptors (Lipinski definition) is 5. The van der Waals surface area contributed by atoms with Gasteiger partial charge >= 0.3 is 5.97 Å². The van der Waals surface area contributed by atoms with E-state index >= 15 is 0 Å². The van der Waals surface area contributed by atoms with Crippen molar-refractivity contribution in [3.8, 4) is 0 Å². The average molecular weight is 268 g/mol. The standard InChI is InChI=1S/C12H16N2O3S/c1-7-10(13-8(2)18-7)11(15)14-6-4-5-9(14)12(16)17-3/h9H,4-6H2,1-3H3. The van der Waals surface area contributed by atoms with Crippen LogP contribution in [-0.2, 0) is 9.53 Å². The maximum absolute atomic E-state index is 12.4. The molecular weight excluding hydrogens is 252 g/mol. The Morgan fingerprint density at radius 2 is 2.17 bits per heavy atom. The number of esters is 1. The van der Waals surface area contributed by atoms with Crippen molar-refractivity contribution in [2.24, 2.45) is 0 Å². The van der Waals surface area contributed by atoms with E-state index < -0.39 is 6.04 Å². The lowest BCUT2D eigenvalue weighted by atomic mass is 10.2. The van der Waals surface area contributed by atoms with Gasteiger partial charge in [-0.2, -0.15) is 0 Å². The van der Waals surface area contributed by atoms with Crippen LogP contribution in [0.3, 0.4) is 0 Å². The first-order valence-electron chi connectivity index (χ1n) is 5.87. The highest BCUT2D eigenvalue weighted by Crippen LogP contribution is 2.24. The van der Waals surface area contributed by atoms with Crippen molar-refractivity contribution < 1.29 is 14.3 Å². The lowest BCUT2D eigenvalue weighted by molar-refractivity contribution is -0.145. The van der Waals surface area contributed by atoms with Gasteiger partial charge in [0.2, 0.25) is 0 Å². The Balaban J connectivity index is 2.23. The van der Waals surface area contributed by atoms with Gasteiger partial charge in [-0.25, -0.2) is 9.78 Å². The molecule has 5 nitrogen and oxygen atoms in total. The molecule has 1 unspecified atom stereocenters. The van der Waals surface area contributed by atoms with Crippen LogP contribution < -0.4 is 0 Å². The fourth-order valence-electron chi connectivity index (χ4n) is 2.25. The third-order valence-electron chi connectivity index (χ3n) is 3.09. The molecule has 0 N–H and O–H groups in total. The molecule has 2 rings (SSSR count). The Hall–Kier alpha value is -1.43. The van der Waals surface area contributed by atoms with Crippen LogP contribution in [0.5, 0.6) is 0 Å². The molecule has 1 saturated heterocycles. The van der Waals surface area contributed by atoms with Gasteiger partial charge in [0.05, 0.1) is 12.1 Å². The topological polar surface area (TPSA) is 59.5 Å². The van der Waals surface area contributed by atoms with Gasteiger partial charge in [0.15, 0.2) is 0 Å². The van der Waals surface area contributed by atoms with Crippen molar-refractivity contribution in [3.63, 3.8) is 0 Å². The Morgan fingerprint density at radius 1 is 1.44 bits per heavy atom. The van der Waals surface area contributed by atoms with Gasteiger partial charge in [-0.15, -0.1) is 11.3 Å². The third kappa shape index (κ3) is 2.25. The highest BCUT2D eigenvalue weighted by Gasteiger charge is 2.36. The lowest BCUT2D eigenvalue weighted by Crippen LogP contribution is -2.41. The molecule has 0 spiro atoms. The largest absolute Gasteiger partial charge is 0.467 e. The summed E-state index contributed by atoms with van der Waals surface area (Å²) in [6.45, 7) is 4.34. The maximum Gasteiger partial charge on any atom is 0.328 e. The fraction of sp³-hybridized carbons (Fsp3) is 0.583. The Bertz CT molecular complexity index is 484. The van der Waals surface area contributed by atoms with Crippen molar-refractivity contribution in [1.29, 1.82) is 0 Å².